The summed E-state index contributed by atoms with van der Waals surface area (Å²) < 4.78 is 0. The van der Waals surface area contributed by atoms with Crippen LogP contribution in [0.4, 0.5) is 0 Å². The van der Waals surface area contributed by atoms with Crippen molar-refractivity contribution < 1.29 is 10.2 Å². The van der Waals surface area contributed by atoms with Crippen LogP contribution < -0.4 is 10.2 Å². The molecule has 65 valence electrons. The van der Waals surface area contributed by atoms with Crippen LogP contribution >= 0.6 is 0 Å². The molecule has 2 nitrogen and oxygen atoms in total. The summed E-state index contributed by atoms with van der Waals surface area (Å²) in [7, 11) is 0. The van der Waals surface area contributed by atoms with Crippen molar-refractivity contribution in [1.29, 1.82) is 0 Å². The molecule has 0 aromatic heterocycles. The van der Waals surface area contributed by atoms with E-state index in [0.717, 1.165) is 25.7 Å². The molecular formula is C8H18AlO2. The summed E-state index contributed by atoms with van der Waals surface area (Å²) in [5.41, 5.74) is 0. The van der Waals surface area contributed by atoms with Crippen LogP contribution in [0.25, 0.3) is 0 Å². The Balaban J connectivity index is -0.000000107. The molecule has 3 heteroatoms. The molecule has 0 N–H and O–H groups in total. The maximum atomic E-state index is 9.53. The topological polar surface area (TPSA) is 46.1 Å². The second-order valence-electron chi connectivity index (χ2n) is 2.12. The SMILES string of the molecule is CCCC[O-].CCCC[O-].[Al+2]. The van der Waals surface area contributed by atoms with Crippen molar-refractivity contribution in [3.63, 3.8) is 0 Å². The first kappa shape index (κ1) is 17.5. The Morgan fingerprint density at radius 2 is 1.09 bits per heavy atom. The molecule has 0 fully saturated rings. The van der Waals surface area contributed by atoms with Gasteiger partial charge in [0.25, 0.3) is 0 Å². The largest absolute Gasteiger partial charge is 2.00 e. The molecule has 0 aliphatic carbocycles. The minimum absolute atomic E-state index is 0. The predicted molar refractivity (Wildman–Crippen MR) is 45.3 cm³/mol. The van der Waals surface area contributed by atoms with Gasteiger partial charge in [-0.3, -0.25) is 0 Å². The normalized spacial score (nSPS) is 7.64. The van der Waals surface area contributed by atoms with E-state index in [1.807, 2.05) is 13.8 Å². The van der Waals surface area contributed by atoms with Gasteiger partial charge in [0.15, 0.2) is 0 Å². The van der Waals surface area contributed by atoms with Gasteiger partial charge >= 0.3 is 17.4 Å². The van der Waals surface area contributed by atoms with E-state index in [1.54, 1.807) is 0 Å². The molecule has 0 bridgehead atoms. The van der Waals surface area contributed by atoms with E-state index < -0.39 is 0 Å². The van der Waals surface area contributed by atoms with Gasteiger partial charge in [0, 0.05) is 0 Å². The second kappa shape index (κ2) is 22.4. The molecule has 1 radical (unpaired) electrons. The molecule has 0 atom stereocenters. The third-order valence-electron chi connectivity index (χ3n) is 0.996. The Kier molecular flexibility index (Phi) is 35.7. The van der Waals surface area contributed by atoms with Gasteiger partial charge in [-0.1, -0.05) is 39.5 Å². The minimum Gasteiger partial charge on any atom is -0.854 e. The summed E-state index contributed by atoms with van der Waals surface area (Å²) in [6, 6.07) is 0. The van der Waals surface area contributed by atoms with Crippen molar-refractivity contribution in [1.82, 2.24) is 0 Å². The summed E-state index contributed by atoms with van der Waals surface area (Å²) >= 11 is 0. The van der Waals surface area contributed by atoms with E-state index in [-0.39, 0.29) is 30.6 Å². The van der Waals surface area contributed by atoms with Crippen molar-refractivity contribution in [3.05, 3.63) is 0 Å². The van der Waals surface area contributed by atoms with Gasteiger partial charge in [-0.15, -0.1) is 13.2 Å². The molecule has 0 aliphatic heterocycles. The van der Waals surface area contributed by atoms with Gasteiger partial charge in [-0.05, 0) is 0 Å². The predicted octanol–water partition coefficient (Wildman–Crippen LogP) is -0.0872. The Hall–Kier alpha value is 0.452. The van der Waals surface area contributed by atoms with Crippen molar-refractivity contribution in [2.75, 3.05) is 13.2 Å². The van der Waals surface area contributed by atoms with Gasteiger partial charge in [-0.2, -0.15) is 0 Å². The molecular weight excluding hydrogens is 155 g/mol. The molecule has 0 aromatic carbocycles. The van der Waals surface area contributed by atoms with E-state index >= 15 is 0 Å². The summed E-state index contributed by atoms with van der Waals surface area (Å²) in [5.74, 6) is 0. The smallest absolute Gasteiger partial charge is 0.854 e. The summed E-state index contributed by atoms with van der Waals surface area (Å²) in [6.07, 6.45) is 3.73. The van der Waals surface area contributed by atoms with Crippen LogP contribution in [-0.4, -0.2) is 30.6 Å². The molecule has 0 aliphatic rings. The zero-order valence-corrected chi connectivity index (χ0v) is 8.79. The Labute approximate surface area is 80.8 Å². The number of unbranched alkanes of at least 4 members (excludes halogenated alkanes) is 2. The second-order valence-corrected chi connectivity index (χ2v) is 2.12. The third kappa shape index (κ3) is 37.7. The molecule has 0 saturated carbocycles. The first-order valence-electron chi connectivity index (χ1n) is 3.99. The van der Waals surface area contributed by atoms with Gasteiger partial charge < -0.3 is 10.2 Å². The molecule has 0 rings (SSSR count). The Morgan fingerprint density at radius 3 is 1.09 bits per heavy atom. The van der Waals surface area contributed by atoms with Crippen LogP contribution in [0.5, 0.6) is 0 Å². The minimum atomic E-state index is 0. The molecule has 0 heterocycles. The number of rotatable bonds is 4. The van der Waals surface area contributed by atoms with Crippen molar-refractivity contribution >= 4 is 17.4 Å². The zero-order chi connectivity index (χ0) is 8.24. The fourth-order valence-corrected chi connectivity index (χ4v) is 0.289. The first-order valence-corrected chi connectivity index (χ1v) is 3.99. The van der Waals surface area contributed by atoms with Crippen LogP contribution in [0.3, 0.4) is 0 Å². The summed E-state index contributed by atoms with van der Waals surface area (Å²) in [4.78, 5) is 0. The van der Waals surface area contributed by atoms with Crippen LogP contribution in [0.1, 0.15) is 39.5 Å². The average molecular weight is 173 g/mol. The molecule has 0 unspecified atom stereocenters. The van der Waals surface area contributed by atoms with E-state index in [0.29, 0.717) is 0 Å². The maximum Gasteiger partial charge on any atom is 2.00 e. The van der Waals surface area contributed by atoms with Crippen molar-refractivity contribution in [2.45, 2.75) is 39.5 Å². The van der Waals surface area contributed by atoms with Gasteiger partial charge in [0.1, 0.15) is 0 Å². The standard InChI is InChI=1S/2C4H9O.Al/c2*1-2-3-4-5;/h2*2-4H2,1H3;/q2*-1;+2. The third-order valence-corrected chi connectivity index (χ3v) is 0.996. The van der Waals surface area contributed by atoms with E-state index in [1.165, 1.54) is 0 Å². The van der Waals surface area contributed by atoms with E-state index in [4.69, 9.17) is 0 Å². The average Bonchev–Trinajstić information content (AvgIpc) is 1.93. The molecule has 0 spiro atoms. The Morgan fingerprint density at radius 1 is 0.818 bits per heavy atom. The first-order chi connectivity index (χ1) is 4.83. The van der Waals surface area contributed by atoms with Gasteiger partial charge in [0.05, 0.1) is 0 Å². The molecule has 0 aromatic rings. The molecule has 11 heavy (non-hydrogen) atoms. The Bertz CT molecular complexity index is 33.1. The zero-order valence-electron chi connectivity index (χ0n) is 7.64. The number of hydrogen-bond acceptors (Lipinski definition) is 2. The molecule has 0 saturated heterocycles. The maximum absolute atomic E-state index is 9.53. The van der Waals surface area contributed by atoms with Crippen LogP contribution in [0, 0.1) is 0 Å². The van der Waals surface area contributed by atoms with Crippen LogP contribution in [-0.2, 0) is 0 Å². The quantitative estimate of drug-likeness (QED) is 0.558. The van der Waals surface area contributed by atoms with Crippen molar-refractivity contribution in [3.8, 4) is 0 Å². The fourth-order valence-electron chi connectivity index (χ4n) is 0.289. The van der Waals surface area contributed by atoms with Gasteiger partial charge in [0.2, 0.25) is 0 Å². The van der Waals surface area contributed by atoms with Crippen molar-refractivity contribution in [2.24, 2.45) is 0 Å². The van der Waals surface area contributed by atoms with Crippen LogP contribution in [0.2, 0.25) is 0 Å². The van der Waals surface area contributed by atoms with Gasteiger partial charge in [-0.25, -0.2) is 0 Å². The van der Waals surface area contributed by atoms with Crippen LogP contribution in [0.15, 0.2) is 0 Å². The monoisotopic (exact) mass is 173 g/mol. The number of hydrogen-bond donors (Lipinski definition) is 0. The fraction of sp³-hybridized carbons (Fsp3) is 1.00. The van der Waals surface area contributed by atoms with E-state index in [2.05, 4.69) is 0 Å². The summed E-state index contributed by atoms with van der Waals surface area (Å²) in [6.45, 7) is 4.21. The molecule has 0 amide bonds. The van der Waals surface area contributed by atoms with E-state index in [9.17, 15) is 10.2 Å². The summed E-state index contributed by atoms with van der Waals surface area (Å²) in [5, 5.41) is 19.1.